The summed E-state index contributed by atoms with van der Waals surface area (Å²) in [4.78, 5) is 14.6. The minimum Gasteiger partial charge on any atom is -0.454 e. The Morgan fingerprint density at radius 3 is 2.64 bits per heavy atom. The molecule has 5 nitrogen and oxygen atoms in total. The maximum Gasteiger partial charge on any atom is 0.231 e. The number of likely N-dealkylation sites (tertiary alicyclic amines) is 1. The number of rotatable bonds is 7. The van der Waals surface area contributed by atoms with E-state index < -0.39 is 0 Å². The van der Waals surface area contributed by atoms with Gasteiger partial charge in [-0.2, -0.15) is 0 Å². The van der Waals surface area contributed by atoms with Gasteiger partial charge in [0.2, 0.25) is 12.7 Å². The zero-order valence-corrected chi connectivity index (χ0v) is 16.1. The van der Waals surface area contributed by atoms with Crippen molar-refractivity contribution >= 4 is 5.91 Å². The molecule has 0 atom stereocenters. The van der Waals surface area contributed by atoms with Crippen LogP contribution in [0.3, 0.4) is 0 Å². The van der Waals surface area contributed by atoms with Crippen LogP contribution in [0, 0.1) is 0 Å². The first kappa shape index (κ1) is 18.8. The third kappa shape index (κ3) is 4.65. The summed E-state index contributed by atoms with van der Waals surface area (Å²) < 4.78 is 17.0. The van der Waals surface area contributed by atoms with Crippen LogP contribution < -0.4 is 9.47 Å². The van der Waals surface area contributed by atoms with E-state index in [-0.39, 0.29) is 18.8 Å². The van der Waals surface area contributed by atoms with E-state index in [4.69, 9.17) is 14.2 Å². The molecule has 148 valence electrons. The number of para-hydroxylation sites is 1. The number of ether oxygens (including phenoxy) is 3. The quantitative estimate of drug-likeness (QED) is 0.735. The fourth-order valence-corrected chi connectivity index (χ4v) is 3.85. The first-order valence-corrected chi connectivity index (χ1v) is 10.1. The van der Waals surface area contributed by atoms with Crippen LogP contribution in [-0.4, -0.2) is 43.4 Å². The van der Waals surface area contributed by atoms with Crippen molar-refractivity contribution in [2.45, 2.75) is 38.2 Å². The van der Waals surface area contributed by atoms with Crippen molar-refractivity contribution in [3.63, 3.8) is 0 Å². The van der Waals surface area contributed by atoms with Crippen LogP contribution in [0.4, 0.5) is 0 Å². The van der Waals surface area contributed by atoms with Crippen molar-refractivity contribution in [3.8, 4) is 11.5 Å². The molecule has 1 fully saturated rings. The number of hydrogen-bond donors (Lipinski definition) is 0. The largest absolute Gasteiger partial charge is 0.454 e. The molecule has 0 N–H and O–H groups in total. The molecule has 0 radical (unpaired) electrons. The average Bonchev–Trinajstić information content (AvgIpc) is 3.23. The number of fused-ring (bicyclic) bond motifs is 1. The summed E-state index contributed by atoms with van der Waals surface area (Å²) in [5, 5.41) is 0. The third-order valence-corrected chi connectivity index (χ3v) is 5.47. The van der Waals surface area contributed by atoms with E-state index in [0.29, 0.717) is 12.8 Å². The monoisotopic (exact) mass is 381 g/mol. The SMILES string of the molecule is O=C(CCc1cccc2c1OCO2)N1CCC(OCCc2ccccc2)CC1. The van der Waals surface area contributed by atoms with Gasteiger partial charge in [-0.1, -0.05) is 42.5 Å². The van der Waals surface area contributed by atoms with Crippen LogP contribution in [0.25, 0.3) is 0 Å². The molecule has 1 saturated heterocycles. The number of benzene rings is 2. The number of hydrogen-bond acceptors (Lipinski definition) is 4. The van der Waals surface area contributed by atoms with Crippen LogP contribution in [0.1, 0.15) is 30.4 Å². The van der Waals surface area contributed by atoms with Crippen LogP contribution in [0.5, 0.6) is 11.5 Å². The summed E-state index contributed by atoms with van der Waals surface area (Å²) in [6.45, 7) is 2.56. The van der Waals surface area contributed by atoms with E-state index in [1.807, 2.05) is 29.2 Å². The van der Waals surface area contributed by atoms with Crippen molar-refractivity contribution < 1.29 is 19.0 Å². The molecule has 0 bridgehead atoms. The highest BCUT2D eigenvalue weighted by atomic mass is 16.7. The molecule has 28 heavy (non-hydrogen) atoms. The Balaban J connectivity index is 1.18. The van der Waals surface area contributed by atoms with Gasteiger partial charge >= 0.3 is 0 Å². The summed E-state index contributed by atoms with van der Waals surface area (Å²) in [6.07, 6.45) is 4.21. The van der Waals surface area contributed by atoms with Crippen molar-refractivity contribution in [3.05, 3.63) is 59.7 Å². The fourth-order valence-electron chi connectivity index (χ4n) is 3.85. The van der Waals surface area contributed by atoms with Crippen LogP contribution in [-0.2, 0) is 22.4 Å². The number of piperidine rings is 1. The average molecular weight is 381 g/mol. The smallest absolute Gasteiger partial charge is 0.231 e. The van der Waals surface area contributed by atoms with E-state index in [9.17, 15) is 4.79 Å². The second-order valence-corrected chi connectivity index (χ2v) is 7.34. The molecule has 0 aromatic heterocycles. The lowest BCUT2D eigenvalue weighted by Crippen LogP contribution is -2.41. The second-order valence-electron chi connectivity index (χ2n) is 7.34. The predicted octanol–water partition coefficient (Wildman–Crippen LogP) is 3.60. The van der Waals surface area contributed by atoms with E-state index in [1.54, 1.807) is 0 Å². The van der Waals surface area contributed by atoms with E-state index >= 15 is 0 Å². The van der Waals surface area contributed by atoms with Gasteiger partial charge in [0, 0.05) is 19.5 Å². The van der Waals surface area contributed by atoms with Gasteiger partial charge in [-0.25, -0.2) is 0 Å². The van der Waals surface area contributed by atoms with Crippen LogP contribution in [0.15, 0.2) is 48.5 Å². The number of carbonyl (C=O) groups excluding carboxylic acids is 1. The normalized spacial score (nSPS) is 16.4. The summed E-state index contributed by atoms with van der Waals surface area (Å²) in [7, 11) is 0. The molecule has 0 unspecified atom stereocenters. The summed E-state index contributed by atoms with van der Waals surface area (Å²) in [5.74, 6) is 1.78. The Morgan fingerprint density at radius 2 is 1.82 bits per heavy atom. The van der Waals surface area contributed by atoms with Gasteiger partial charge in [0.15, 0.2) is 11.5 Å². The van der Waals surface area contributed by atoms with E-state index in [0.717, 1.165) is 56.0 Å². The molecule has 2 heterocycles. The van der Waals surface area contributed by atoms with Gasteiger partial charge in [-0.3, -0.25) is 4.79 Å². The lowest BCUT2D eigenvalue weighted by molar-refractivity contribution is -0.133. The molecule has 1 amide bonds. The van der Waals surface area contributed by atoms with E-state index in [2.05, 4.69) is 24.3 Å². The number of aryl methyl sites for hydroxylation is 1. The standard InChI is InChI=1S/C23H27NO4/c25-22(10-9-19-7-4-8-21-23(19)28-17-27-21)24-14-11-20(12-15-24)26-16-13-18-5-2-1-3-6-18/h1-8,20H,9-17H2. The third-order valence-electron chi connectivity index (χ3n) is 5.47. The molecular formula is C23H27NO4. The lowest BCUT2D eigenvalue weighted by atomic mass is 10.0. The highest BCUT2D eigenvalue weighted by Crippen LogP contribution is 2.35. The maximum atomic E-state index is 12.6. The summed E-state index contributed by atoms with van der Waals surface area (Å²) >= 11 is 0. The molecule has 2 aliphatic heterocycles. The molecule has 2 aliphatic rings. The van der Waals surface area contributed by atoms with Gasteiger partial charge < -0.3 is 19.1 Å². The maximum absolute atomic E-state index is 12.6. The van der Waals surface area contributed by atoms with Gasteiger partial charge in [0.1, 0.15) is 0 Å². The number of amides is 1. The fraction of sp³-hybridized carbons (Fsp3) is 0.435. The molecule has 2 aromatic rings. The molecule has 0 aliphatic carbocycles. The molecule has 2 aromatic carbocycles. The zero-order valence-electron chi connectivity index (χ0n) is 16.1. The topological polar surface area (TPSA) is 48.0 Å². The van der Waals surface area contributed by atoms with Gasteiger partial charge in [0.25, 0.3) is 0 Å². The van der Waals surface area contributed by atoms with E-state index in [1.165, 1.54) is 5.56 Å². The van der Waals surface area contributed by atoms with Gasteiger partial charge in [-0.05, 0) is 42.9 Å². The highest BCUT2D eigenvalue weighted by molar-refractivity contribution is 5.76. The van der Waals surface area contributed by atoms with Crippen LogP contribution >= 0.6 is 0 Å². The van der Waals surface area contributed by atoms with Crippen molar-refractivity contribution in [2.75, 3.05) is 26.5 Å². The van der Waals surface area contributed by atoms with Crippen LogP contribution in [0.2, 0.25) is 0 Å². The van der Waals surface area contributed by atoms with Gasteiger partial charge in [0.05, 0.1) is 12.7 Å². The van der Waals surface area contributed by atoms with Gasteiger partial charge in [-0.15, -0.1) is 0 Å². The van der Waals surface area contributed by atoms with Crippen molar-refractivity contribution in [1.82, 2.24) is 4.90 Å². The predicted molar refractivity (Wildman–Crippen MR) is 107 cm³/mol. The minimum absolute atomic E-state index is 0.208. The molecule has 4 rings (SSSR count). The Bertz CT molecular complexity index is 784. The highest BCUT2D eigenvalue weighted by Gasteiger charge is 2.24. The summed E-state index contributed by atoms with van der Waals surface area (Å²) in [6, 6.07) is 16.3. The Labute approximate surface area is 166 Å². The first-order valence-electron chi connectivity index (χ1n) is 10.1. The summed E-state index contributed by atoms with van der Waals surface area (Å²) in [5.41, 5.74) is 2.35. The number of nitrogens with zero attached hydrogens (tertiary/aromatic N) is 1. The Hall–Kier alpha value is -2.53. The Morgan fingerprint density at radius 1 is 1.00 bits per heavy atom. The zero-order chi connectivity index (χ0) is 19.2. The Kier molecular flexibility index (Phi) is 6.12. The molecule has 0 saturated carbocycles. The molecule has 0 spiro atoms. The first-order chi connectivity index (χ1) is 13.8. The lowest BCUT2D eigenvalue weighted by Gasteiger charge is -2.32. The number of carbonyl (C=O) groups is 1. The van der Waals surface area contributed by atoms with Crippen molar-refractivity contribution in [1.29, 1.82) is 0 Å². The van der Waals surface area contributed by atoms with Crippen molar-refractivity contribution in [2.24, 2.45) is 0 Å². The second kappa shape index (κ2) is 9.11. The molecular weight excluding hydrogens is 354 g/mol. The minimum atomic E-state index is 0.208. The molecule has 5 heteroatoms.